The summed E-state index contributed by atoms with van der Waals surface area (Å²) in [7, 11) is 0. The molecule has 0 atom stereocenters. The van der Waals surface area contributed by atoms with Crippen LogP contribution < -0.4 is 15.5 Å². The number of carbonyl (C=O) groups is 2. The smallest absolute Gasteiger partial charge is 0.249 e. The standard InChI is InChI=1S/C23H17BrCl3N3O3/c24-18-3-1-2-4-20(18)29-22(31)11-23(32)30-28-12-15-9-16(25)7-8-21(15)33-13-14-5-6-17(26)10-19(14)27/h1-10,12H,11,13H2,(H,29,31)(H,30,32). The van der Waals surface area contributed by atoms with Crippen LogP contribution in [-0.2, 0) is 16.2 Å². The first-order valence-electron chi connectivity index (χ1n) is 9.54. The molecule has 0 aliphatic heterocycles. The second kappa shape index (κ2) is 12.0. The molecule has 0 heterocycles. The zero-order chi connectivity index (χ0) is 23.8. The number of hydrogen-bond acceptors (Lipinski definition) is 4. The minimum atomic E-state index is -0.576. The third-order valence-electron chi connectivity index (χ3n) is 4.23. The lowest BCUT2D eigenvalue weighted by atomic mass is 10.2. The van der Waals surface area contributed by atoms with Gasteiger partial charge >= 0.3 is 0 Å². The number of hydrogen-bond donors (Lipinski definition) is 2. The second-order valence-electron chi connectivity index (χ2n) is 6.70. The topological polar surface area (TPSA) is 79.8 Å². The summed E-state index contributed by atoms with van der Waals surface area (Å²) in [6.45, 7) is 0.194. The van der Waals surface area contributed by atoms with Gasteiger partial charge in [0.25, 0.3) is 0 Å². The van der Waals surface area contributed by atoms with Crippen LogP contribution in [0.15, 0.2) is 70.2 Å². The third-order valence-corrected chi connectivity index (χ3v) is 5.75. The zero-order valence-corrected chi connectivity index (χ0v) is 20.8. The van der Waals surface area contributed by atoms with Crippen LogP contribution in [0.5, 0.6) is 5.75 Å². The van der Waals surface area contributed by atoms with Crippen molar-refractivity contribution in [2.45, 2.75) is 13.0 Å². The Labute approximate surface area is 214 Å². The van der Waals surface area contributed by atoms with E-state index in [9.17, 15) is 9.59 Å². The molecule has 0 radical (unpaired) electrons. The van der Waals surface area contributed by atoms with E-state index in [0.717, 1.165) is 5.56 Å². The molecule has 0 spiro atoms. The molecule has 3 aromatic rings. The molecule has 2 amide bonds. The van der Waals surface area contributed by atoms with E-state index >= 15 is 0 Å². The fourth-order valence-corrected chi connectivity index (χ4v) is 3.69. The molecule has 0 aliphatic carbocycles. The normalized spacial score (nSPS) is 10.8. The van der Waals surface area contributed by atoms with Crippen molar-refractivity contribution in [3.05, 3.63) is 91.3 Å². The summed E-state index contributed by atoms with van der Waals surface area (Å²) in [5, 5.41) is 8.04. The summed E-state index contributed by atoms with van der Waals surface area (Å²) in [5.74, 6) is -0.565. The summed E-state index contributed by atoms with van der Waals surface area (Å²) in [5.41, 5.74) is 4.18. The van der Waals surface area contributed by atoms with Gasteiger partial charge < -0.3 is 10.1 Å². The molecule has 3 rings (SSSR count). The van der Waals surface area contributed by atoms with Gasteiger partial charge in [0.1, 0.15) is 18.8 Å². The van der Waals surface area contributed by atoms with Gasteiger partial charge in [0.15, 0.2) is 0 Å². The van der Waals surface area contributed by atoms with Crippen molar-refractivity contribution in [3.63, 3.8) is 0 Å². The van der Waals surface area contributed by atoms with E-state index in [1.807, 2.05) is 6.07 Å². The van der Waals surface area contributed by atoms with Gasteiger partial charge in [-0.15, -0.1) is 0 Å². The molecule has 0 unspecified atom stereocenters. The monoisotopic (exact) mass is 567 g/mol. The van der Waals surface area contributed by atoms with Gasteiger partial charge in [0.05, 0.1) is 11.9 Å². The fourth-order valence-electron chi connectivity index (χ4n) is 2.66. The summed E-state index contributed by atoms with van der Waals surface area (Å²) >= 11 is 21.5. The van der Waals surface area contributed by atoms with Crippen molar-refractivity contribution in [1.29, 1.82) is 0 Å². The molecule has 0 saturated heterocycles. The Kier molecular flexibility index (Phi) is 9.14. The molecule has 33 heavy (non-hydrogen) atoms. The molecule has 0 saturated carbocycles. The summed E-state index contributed by atoms with van der Waals surface area (Å²) < 4.78 is 6.55. The maximum atomic E-state index is 12.1. The van der Waals surface area contributed by atoms with Gasteiger partial charge in [0, 0.05) is 30.7 Å². The number of carbonyl (C=O) groups excluding carboxylic acids is 2. The van der Waals surface area contributed by atoms with E-state index in [4.69, 9.17) is 39.5 Å². The Morgan fingerprint density at radius 2 is 1.70 bits per heavy atom. The number of nitrogens with zero attached hydrogens (tertiary/aromatic N) is 1. The summed E-state index contributed by atoms with van der Waals surface area (Å²) in [4.78, 5) is 24.1. The van der Waals surface area contributed by atoms with Crippen molar-refractivity contribution in [3.8, 4) is 5.75 Å². The number of rotatable bonds is 8. The van der Waals surface area contributed by atoms with Gasteiger partial charge in [0.2, 0.25) is 11.8 Å². The van der Waals surface area contributed by atoms with Crippen LogP contribution in [0, 0.1) is 0 Å². The molecule has 170 valence electrons. The highest BCUT2D eigenvalue weighted by atomic mass is 79.9. The molecule has 0 aromatic heterocycles. The van der Waals surface area contributed by atoms with E-state index in [-0.39, 0.29) is 6.61 Å². The first-order chi connectivity index (χ1) is 15.8. The average molecular weight is 570 g/mol. The fraction of sp³-hybridized carbons (Fsp3) is 0.0870. The van der Waals surface area contributed by atoms with Gasteiger partial charge in [-0.3, -0.25) is 9.59 Å². The third kappa shape index (κ3) is 7.75. The number of benzene rings is 3. The van der Waals surface area contributed by atoms with Gasteiger partial charge in [-0.25, -0.2) is 5.43 Å². The molecule has 6 nitrogen and oxygen atoms in total. The number of para-hydroxylation sites is 1. The quantitative estimate of drug-likeness (QED) is 0.186. The molecular formula is C23H17BrCl3N3O3. The number of hydrazone groups is 1. The first kappa shape index (κ1) is 25.1. The second-order valence-corrected chi connectivity index (χ2v) is 8.84. The van der Waals surface area contributed by atoms with Crippen LogP contribution in [0.25, 0.3) is 0 Å². The van der Waals surface area contributed by atoms with Gasteiger partial charge in [-0.1, -0.05) is 53.0 Å². The van der Waals surface area contributed by atoms with E-state index in [0.29, 0.717) is 36.5 Å². The first-order valence-corrected chi connectivity index (χ1v) is 11.5. The molecule has 3 aromatic carbocycles. The van der Waals surface area contributed by atoms with E-state index in [1.54, 1.807) is 54.6 Å². The van der Waals surface area contributed by atoms with Crippen LogP contribution in [-0.4, -0.2) is 18.0 Å². The Bertz CT molecular complexity index is 1200. The molecular weight excluding hydrogens is 553 g/mol. The van der Waals surface area contributed by atoms with Gasteiger partial charge in [-0.05, 0) is 58.4 Å². The summed E-state index contributed by atoms with van der Waals surface area (Å²) in [6, 6.07) is 17.2. The van der Waals surface area contributed by atoms with E-state index < -0.39 is 18.2 Å². The Morgan fingerprint density at radius 3 is 2.45 bits per heavy atom. The van der Waals surface area contributed by atoms with Crippen LogP contribution in [0.2, 0.25) is 15.1 Å². The van der Waals surface area contributed by atoms with Crippen LogP contribution in [0.1, 0.15) is 17.5 Å². The Hall–Kier alpha value is -2.58. The largest absolute Gasteiger partial charge is 0.488 e. The van der Waals surface area contributed by atoms with Crippen molar-refractivity contribution in [2.75, 3.05) is 5.32 Å². The average Bonchev–Trinajstić information content (AvgIpc) is 2.76. The number of ether oxygens (including phenoxy) is 1. The molecule has 2 N–H and O–H groups in total. The molecule has 0 fully saturated rings. The van der Waals surface area contributed by atoms with Crippen LogP contribution in [0.3, 0.4) is 0 Å². The Balaban J connectivity index is 1.58. The van der Waals surface area contributed by atoms with Gasteiger partial charge in [-0.2, -0.15) is 5.10 Å². The maximum absolute atomic E-state index is 12.1. The predicted molar refractivity (Wildman–Crippen MR) is 135 cm³/mol. The molecule has 10 heteroatoms. The predicted octanol–water partition coefficient (Wildman–Crippen LogP) is 6.47. The minimum Gasteiger partial charge on any atom is -0.488 e. The number of amides is 2. The lowest BCUT2D eigenvalue weighted by Gasteiger charge is -2.11. The minimum absolute atomic E-state index is 0.194. The summed E-state index contributed by atoms with van der Waals surface area (Å²) in [6.07, 6.45) is 0.987. The Morgan fingerprint density at radius 1 is 0.970 bits per heavy atom. The zero-order valence-electron chi connectivity index (χ0n) is 16.9. The van der Waals surface area contributed by atoms with Crippen molar-refractivity contribution >= 4 is 74.4 Å². The number of halogens is 4. The van der Waals surface area contributed by atoms with Crippen LogP contribution >= 0.6 is 50.7 Å². The highest BCUT2D eigenvalue weighted by molar-refractivity contribution is 9.10. The van der Waals surface area contributed by atoms with E-state index in [2.05, 4.69) is 31.8 Å². The highest BCUT2D eigenvalue weighted by Crippen LogP contribution is 2.26. The number of anilines is 1. The molecule has 0 bridgehead atoms. The maximum Gasteiger partial charge on any atom is 0.249 e. The lowest BCUT2D eigenvalue weighted by molar-refractivity contribution is -0.126. The van der Waals surface area contributed by atoms with Crippen LogP contribution in [0.4, 0.5) is 5.69 Å². The highest BCUT2D eigenvalue weighted by Gasteiger charge is 2.11. The number of nitrogens with one attached hydrogen (secondary N) is 2. The molecule has 0 aliphatic rings. The SMILES string of the molecule is O=C(CC(=O)Nc1ccccc1Br)NN=Cc1cc(Cl)ccc1OCc1ccc(Cl)cc1Cl. The van der Waals surface area contributed by atoms with E-state index in [1.165, 1.54) is 6.21 Å². The van der Waals surface area contributed by atoms with Crippen molar-refractivity contribution < 1.29 is 14.3 Å². The lowest BCUT2D eigenvalue weighted by Crippen LogP contribution is -2.24. The van der Waals surface area contributed by atoms with Crippen molar-refractivity contribution in [1.82, 2.24) is 5.43 Å². The van der Waals surface area contributed by atoms with Crippen molar-refractivity contribution in [2.24, 2.45) is 5.10 Å².